The van der Waals surface area contributed by atoms with E-state index < -0.39 is 12.5 Å². The first kappa shape index (κ1) is 17.5. The maximum Gasteiger partial charge on any atom is 0.322 e. The topological polar surface area (TPSA) is 95.5 Å². The molecule has 6 nitrogen and oxygen atoms in total. The summed E-state index contributed by atoms with van der Waals surface area (Å²) in [5.74, 6) is -1.76. The van der Waals surface area contributed by atoms with E-state index in [1.54, 1.807) is 48.5 Å². The van der Waals surface area contributed by atoms with Gasteiger partial charge in [-0.1, -0.05) is 29.8 Å². The molecular formula is C17H15ClN2O4. The van der Waals surface area contributed by atoms with Crippen LogP contribution in [-0.4, -0.2) is 29.4 Å². The summed E-state index contributed by atoms with van der Waals surface area (Å²) in [6.45, 7) is -0.410. The fourth-order valence-corrected chi connectivity index (χ4v) is 2.15. The number of amides is 2. The average Bonchev–Trinajstić information content (AvgIpc) is 2.55. The van der Waals surface area contributed by atoms with E-state index >= 15 is 0 Å². The highest BCUT2D eigenvalue weighted by atomic mass is 35.5. The lowest BCUT2D eigenvalue weighted by Gasteiger charge is -2.07. The minimum absolute atomic E-state index is 0.0653. The molecule has 2 rings (SSSR count). The van der Waals surface area contributed by atoms with Gasteiger partial charge in [-0.2, -0.15) is 0 Å². The Balaban J connectivity index is 1.93. The van der Waals surface area contributed by atoms with E-state index in [1.807, 2.05) is 0 Å². The van der Waals surface area contributed by atoms with Crippen LogP contribution in [0.15, 0.2) is 48.5 Å². The number of benzene rings is 2. The third-order valence-corrected chi connectivity index (χ3v) is 3.34. The number of carbonyl (C=O) groups is 3. The third kappa shape index (κ3) is 5.40. The molecule has 2 aromatic carbocycles. The molecule has 0 spiro atoms. The predicted molar refractivity (Wildman–Crippen MR) is 90.2 cm³/mol. The van der Waals surface area contributed by atoms with Crippen LogP contribution in [0.5, 0.6) is 0 Å². The first-order chi connectivity index (χ1) is 11.4. The summed E-state index contributed by atoms with van der Waals surface area (Å²) in [6, 6.07) is 13.3. The first-order valence-corrected chi connectivity index (χ1v) is 7.46. The summed E-state index contributed by atoms with van der Waals surface area (Å²) < 4.78 is 0. The highest BCUT2D eigenvalue weighted by molar-refractivity contribution is 6.31. The number of halogens is 1. The van der Waals surface area contributed by atoms with Gasteiger partial charge in [-0.25, -0.2) is 0 Å². The van der Waals surface area contributed by atoms with Crippen molar-refractivity contribution in [3.8, 4) is 0 Å². The molecule has 0 fully saturated rings. The van der Waals surface area contributed by atoms with Crippen molar-refractivity contribution >= 4 is 35.1 Å². The van der Waals surface area contributed by atoms with Gasteiger partial charge < -0.3 is 15.7 Å². The molecule has 0 aliphatic rings. The Morgan fingerprint density at radius 1 is 1.04 bits per heavy atom. The van der Waals surface area contributed by atoms with E-state index in [1.165, 1.54) is 0 Å². The molecule has 7 heteroatoms. The monoisotopic (exact) mass is 346 g/mol. The fourth-order valence-electron chi connectivity index (χ4n) is 1.96. The van der Waals surface area contributed by atoms with Gasteiger partial charge in [-0.05, 0) is 35.9 Å². The van der Waals surface area contributed by atoms with Gasteiger partial charge in [0.25, 0.3) is 5.91 Å². The number of hydrogen-bond donors (Lipinski definition) is 3. The summed E-state index contributed by atoms with van der Waals surface area (Å²) in [5.41, 5.74) is 1.73. The van der Waals surface area contributed by atoms with Crippen LogP contribution in [-0.2, 0) is 16.0 Å². The summed E-state index contributed by atoms with van der Waals surface area (Å²) in [5, 5.41) is 14.0. The lowest BCUT2D eigenvalue weighted by atomic mass is 10.1. The minimum Gasteiger partial charge on any atom is -0.480 e. The number of nitrogens with one attached hydrogen (secondary N) is 2. The molecule has 124 valence electrons. The molecule has 0 aromatic heterocycles. The van der Waals surface area contributed by atoms with Crippen molar-refractivity contribution in [1.82, 2.24) is 5.32 Å². The van der Waals surface area contributed by atoms with Crippen molar-refractivity contribution in [3.63, 3.8) is 0 Å². The van der Waals surface area contributed by atoms with E-state index in [2.05, 4.69) is 10.6 Å². The predicted octanol–water partition coefficient (Wildman–Crippen LogP) is 2.34. The van der Waals surface area contributed by atoms with Crippen LogP contribution >= 0.6 is 11.6 Å². The number of carboxylic acids is 1. The number of carboxylic acid groups (broad SMARTS) is 1. The Morgan fingerprint density at radius 2 is 1.75 bits per heavy atom. The van der Waals surface area contributed by atoms with E-state index in [0.29, 0.717) is 21.8 Å². The van der Waals surface area contributed by atoms with Crippen LogP contribution in [0, 0.1) is 0 Å². The number of hydrogen-bond acceptors (Lipinski definition) is 3. The second-order valence-corrected chi connectivity index (χ2v) is 5.45. The van der Waals surface area contributed by atoms with Crippen LogP contribution < -0.4 is 10.6 Å². The van der Waals surface area contributed by atoms with Crippen molar-refractivity contribution in [1.29, 1.82) is 0 Å². The molecule has 0 aliphatic carbocycles. The van der Waals surface area contributed by atoms with E-state index in [9.17, 15) is 14.4 Å². The largest absolute Gasteiger partial charge is 0.480 e. The Kier molecular flexibility index (Phi) is 5.92. The van der Waals surface area contributed by atoms with Crippen molar-refractivity contribution in [3.05, 3.63) is 64.7 Å². The lowest BCUT2D eigenvalue weighted by Crippen LogP contribution is -2.30. The van der Waals surface area contributed by atoms with Crippen LogP contribution in [0.4, 0.5) is 5.69 Å². The van der Waals surface area contributed by atoms with Crippen molar-refractivity contribution < 1.29 is 19.5 Å². The SMILES string of the molecule is O=C(O)CNC(=O)Cc1ccc(NC(=O)c2cccc(Cl)c2)cc1. The molecule has 2 aromatic rings. The fraction of sp³-hybridized carbons (Fsp3) is 0.118. The van der Waals surface area contributed by atoms with Crippen LogP contribution in [0.3, 0.4) is 0 Å². The van der Waals surface area contributed by atoms with Crippen LogP contribution in [0.1, 0.15) is 15.9 Å². The standard InChI is InChI=1S/C17H15ClN2O4/c18-13-3-1-2-12(9-13)17(24)20-14-6-4-11(5-7-14)8-15(21)19-10-16(22)23/h1-7,9H,8,10H2,(H,19,21)(H,20,24)(H,22,23). The molecule has 0 saturated heterocycles. The minimum atomic E-state index is -1.09. The van der Waals surface area contributed by atoms with Crippen molar-refractivity contribution in [2.24, 2.45) is 0 Å². The molecule has 0 saturated carbocycles. The smallest absolute Gasteiger partial charge is 0.322 e. The molecular weight excluding hydrogens is 332 g/mol. The number of rotatable bonds is 6. The van der Waals surface area contributed by atoms with Gasteiger partial charge in [-0.15, -0.1) is 0 Å². The highest BCUT2D eigenvalue weighted by Gasteiger charge is 2.08. The Labute approximate surface area is 143 Å². The molecule has 0 heterocycles. The second kappa shape index (κ2) is 8.12. The number of aliphatic carboxylic acids is 1. The van der Waals surface area contributed by atoms with Crippen LogP contribution in [0.25, 0.3) is 0 Å². The molecule has 0 aliphatic heterocycles. The Hall–Kier alpha value is -2.86. The summed E-state index contributed by atoms with van der Waals surface area (Å²) in [4.78, 5) is 34.0. The summed E-state index contributed by atoms with van der Waals surface area (Å²) in [6.07, 6.45) is 0.0653. The zero-order valence-electron chi connectivity index (χ0n) is 12.6. The molecule has 0 atom stereocenters. The molecule has 3 N–H and O–H groups in total. The molecule has 0 unspecified atom stereocenters. The van der Waals surface area contributed by atoms with E-state index in [-0.39, 0.29) is 18.2 Å². The normalized spacial score (nSPS) is 10.0. The lowest BCUT2D eigenvalue weighted by molar-refractivity contribution is -0.137. The van der Waals surface area contributed by atoms with Crippen molar-refractivity contribution in [2.75, 3.05) is 11.9 Å². The average molecular weight is 347 g/mol. The molecule has 24 heavy (non-hydrogen) atoms. The Morgan fingerprint density at radius 3 is 2.38 bits per heavy atom. The van der Waals surface area contributed by atoms with E-state index in [0.717, 1.165) is 0 Å². The zero-order valence-corrected chi connectivity index (χ0v) is 13.3. The van der Waals surface area contributed by atoms with Gasteiger partial charge in [-0.3, -0.25) is 14.4 Å². The van der Waals surface area contributed by atoms with Gasteiger partial charge in [0.1, 0.15) is 6.54 Å². The third-order valence-electron chi connectivity index (χ3n) is 3.10. The van der Waals surface area contributed by atoms with Gasteiger partial charge in [0.15, 0.2) is 0 Å². The van der Waals surface area contributed by atoms with Gasteiger partial charge >= 0.3 is 5.97 Å². The van der Waals surface area contributed by atoms with Crippen molar-refractivity contribution in [2.45, 2.75) is 6.42 Å². The maximum absolute atomic E-state index is 12.1. The van der Waals surface area contributed by atoms with Gasteiger partial charge in [0.2, 0.25) is 5.91 Å². The maximum atomic E-state index is 12.1. The van der Waals surface area contributed by atoms with Gasteiger partial charge in [0, 0.05) is 16.3 Å². The van der Waals surface area contributed by atoms with E-state index in [4.69, 9.17) is 16.7 Å². The number of anilines is 1. The van der Waals surface area contributed by atoms with Crippen LogP contribution in [0.2, 0.25) is 5.02 Å². The highest BCUT2D eigenvalue weighted by Crippen LogP contribution is 2.14. The summed E-state index contributed by atoms with van der Waals surface area (Å²) >= 11 is 5.85. The number of carbonyl (C=O) groups excluding carboxylic acids is 2. The quantitative estimate of drug-likeness (QED) is 0.748. The Bertz CT molecular complexity index is 759. The molecule has 0 radical (unpaired) electrons. The molecule has 0 bridgehead atoms. The van der Waals surface area contributed by atoms with Gasteiger partial charge in [0.05, 0.1) is 6.42 Å². The summed E-state index contributed by atoms with van der Waals surface area (Å²) in [7, 11) is 0. The zero-order chi connectivity index (χ0) is 17.5. The second-order valence-electron chi connectivity index (χ2n) is 5.01. The molecule has 2 amide bonds. The first-order valence-electron chi connectivity index (χ1n) is 7.08.